The molecule has 1 aromatic carbocycles. The van der Waals surface area contributed by atoms with Crippen LogP contribution in [0.3, 0.4) is 0 Å². The molecule has 1 rings (SSSR count). The Morgan fingerprint density at radius 3 is 2.18 bits per heavy atom. The van der Waals surface area contributed by atoms with Crippen LogP contribution in [0.1, 0.15) is 37.9 Å². The highest BCUT2D eigenvalue weighted by Gasteiger charge is 2.18. The molecule has 1 aromatic rings. The molecule has 0 aliphatic carbocycles. The molecule has 0 saturated carbocycles. The Balaban J connectivity index is 0.00000441. The van der Waals surface area contributed by atoms with Gasteiger partial charge in [0, 0.05) is 0 Å². The van der Waals surface area contributed by atoms with Gasteiger partial charge in [0.05, 0.1) is 18.6 Å². The van der Waals surface area contributed by atoms with Crippen LogP contribution >= 0.6 is 12.4 Å². The van der Waals surface area contributed by atoms with E-state index in [1.54, 1.807) is 0 Å². The Labute approximate surface area is 138 Å². The summed E-state index contributed by atoms with van der Waals surface area (Å²) in [5.41, 5.74) is 7.91. The van der Waals surface area contributed by atoms with Crippen molar-refractivity contribution in [3.05, 3.63) is 35.4 Å². The lowest BCUT2D eigenvalue weighted by molar-refractivity contribution is -0.127. The summed E-state index contributed by atoms with van der Waals surface area (Å²) in [6.07, 6.45) is 0. The first kappa shape index (κ1) is 20.4. The molecule has 5 nitrogen and oxygen atoms in total. The molecule has 2 amide bonds. The Morgan fingerprint density at radius 1 is 1.14 bits per heavy atom. The zero-order valence-corrected chi connectivity index (χ0v) is 14.4. The molecule has 2 atom stereocenters. The first-order valence-electron chi connectivity index (χ1n) is 7.20. The Hall–Kier alpha value is -1.59. The summed E-state index contributed by atoms with van der Waals surface area (Å²) >= 11 is 0. The maximum absolute atomic E-state index is 11.8. The summed E-state index contributed by atoms with van der Waals surface area (Å²) in [7, 11) is 0. The molecule has 0 aliphatic heterocycles. The summed E-state index contributed by atoms with van der Waals surface area (Å²) < 4.78 is 0. The van der Waals surface area contributed by atoms with Gasteiger partial charge in [-0.25, -0.2) is 0 Å². The minimum Gasteiger partial charge on any atom is -0.348 e. The number of nitrogens with two attached hydrogens (primary N) is 1. The molecular formula is C16H26ClN3O2. The third kappa shape index (κ3) is 6.45. The molecule has 0 fully saturated rings. The van der Waals surface area contributed by atoms with Crippen LogP contribution < -0.4 is 16.4 Å². The van der Waals surface area contributed by atoms with E-state index in [0.717, 1.165) is 5.56 Å². The molecule has 0 aromatic heterocycles. The van der Waals surface area contributed by atoms with Gasteiger partial charge in [0.15, 0.2) is 0 Å². The van der Waals surface area contributed by atoms with E-state index in [4.69, 9.17) is 5.73 Å². The Kier molecular flexibility index (Phi) is 8.75. The van der Waals surface area contributed by atoms with Crippen molar-refractivity contribution in [1.82, 2.24) is 10.6 Å². The molecule has 6 heteroatoms. The number of halogens is 1. The van der Waals surface area contributed by atoms with Crippen LogP contribution in [0.4, 0.5) is 0 Å². The van der Waals surface area contributed by atoms with Gasteiger partial charge in [-0.05, 0) is 25.3 Å². The van der Waals surface area contributed by atoms with Gasteiger partial charge in [-0.1, -0.05) is 43.7 Å². The van der Waals surface area contributed by atoms with E-state index in [1.807, 2.05) is 52.0 Å². The van der Waals surface area contributed by atoms with E-state index in [-0.39, 0.29) is 42.7 Å². The SMILES string of the molecule is Cc1ccc(C(C)NC(=O)CNC(=O)[C@@H](N)C(C)C)cc1.Cl. The number of amides is 2. The fourth-order valence-electron chi connectivity index (χ4n) is 1.82. The van der Waals surface area contributed by atoms with Crippen molar-refractivity contribution in [1.29, 1.82) is 0 Å². The Bertz CT molecular complexity index is 489. The highest BCUT2D eigenvalue weighted by Crippen LogP contribution is 2.12. The average Bonchev–Trinajstić information content (AvgIpc) is 2.44. The van der Waals surface area contributed by atoms with E-state index < -0.39 is 6.04 Å². The summed E-state index contributed by atoms with van der Waals surface area (Å²) in [5.74, 6) is -0.491. The van der Waals surface area contributed by atoms with Gasteiger partial charge in [-0.15, -0.1) is 12.4 Å². The standard InChI is InChI=1S/C16H25N3O2.ClH/c1-10(2)15(17)16(21)18-9-14(20)19-12(4)13-7-5-11(3)6-8-13;/h5-8,10,12,15H,9,17H2,1-4H3,(H,18,21)(H,19,20);1H/t12?,15-;/m0./s1. The van der Waals surface area contributed by atoms with E-state index in [0.29, 0.717) is 0 Å². The molecule has 0 saturated heterocycles. The lowest BCUT2D eigenvalue weighted by Gasteiger charge is -2.17. The predicted octanol–water partition coefficient (Wildman–Crippen LogP) is 1.69. The lowest BCUT2D eigenvalue weighted by atomic mass is 10.1. The first-order valence-corrected chi connectivity index (χ1v) is 7.20. The van der Waals surface area contributed by atoms with Gasteiger partial charge >= 0.3 is 0 Å². The van der Waals surface area contributed by atoms with Gasteiger partial charge in [-0.2, -0.15) is 0 Å². The monoisotopic (exact) mass is 327 g/mol. The number of hydrogen-bond acceptors (Lipinski definition) is 3. The third-order valence-electron chi connectivity index (χ3n) is 3.40. The average molecular weight is 328 g/mol. The van der Waals surface area contributed by atoms with Crippen LogP contribution in [0.25, 0.3) is 0 Å². The maximum Gasteiger partial charge on any atom is 0.239 e. The van der Waals surface area contributed by atoms with Crippen molar-refractivity contribution in [2.45, 2.75) is 39.8 Å². The smallest absolute Gasteiger partial charge is 0.239 e. The van der Waals surface area contributed by atoms with Gasteiger partial charge < -0.3 is 16.4 Å². The molecule has 0 heterocycles. The van der Waals surface area contributed by atoms with Crippen molar-refractivity contribution >= 4 is 24.2 Å². The molecule has 0 bridgehead atoms. The van der Waals surface area contributed by atoms with Gasteiger partial charge in [0.2, 0.25) is 11.8 Å². The number of aryl methyl sites for hydroxylation is 1. The highest BCUT2D eigenvalue weighted by atomic mass is 35.5. The molecule has 124 valence electrons. The molecule has 4 N–H and O–H groups in total. The van der Waals surface area contributed by atoms with E-state index in [1.165, 1.54) is 5.56 Å². The van der Waals surface area contributed by atoms with Gasteiger partial charge in [0.1, 0.15) is 0 Å². The normalized spacial score (nSPS) is 13.0. The van der Waals surface area contributed by atoms with Crippen LogP contribution in [0.5, 0.6) is 0 Å². The van der Waals surface area contributed by atoms with Gasteiger partial charge in [0.25, 0.3) is 0 Å². The largest absolute Gasteiger partial charge is 0.348 e. The zero-order chi connectivity index (χ0) is 16.0. The van der Waals surface area contributed by atoms with E-state index in [9.17, 15) is 9.59 Å². The number of hydrogen-bond donors (Lipinski definition) is 3. The molecule has 0 aliphatic rings. The number of benzene rings is 1. The van der Waals surface area contributed by atoms with Crippen molar-refractivity contribution < 1.29 is 9.59 Å². The maximum atomic E-state index is 11.8. The van der Waals surface area contributed by atoms with Gasteiger partial charge in [-0.3, -0.25) is 9.59 Å². The summed E-state index contributed by atoms with van der Waals surface area (Å²) in [6, 6.07) is 7.27. The summed E-state index contributed by atoms with van der Waals surface area (Å²) in [5, 5.41) is 5.40. The lowest BCUT2D eigenvalue weighted by Crippen LogP contribution is -2.47. The second kappa shape index (κ2) is 9.43. The van der Waals surface area contributed by atoms with Crippen molar-refractivity contribution in [2.24, 2.45) is 11.7 Å². The molecule has 22 heavy (non-hydrogen) atoms. The van der Waals surface area contributed by atoms with Crippen LogP contribution in [-0.4, -0.2) is 24.4 Å². The topological polar surface area (TPSA) is 84.2 Å². The van der Waals surface area contributed by atoms with Crippen molar-refractivity contribution in [3.63, 3.8) is 0 Å². The Morgan fingerprint density at radius 2 is 1.68 bits per heavy atom. The predicted molar refractivity (Wildman–Crippen MR) is 90.8 cm³/mol. The number of carbonyl (C=O) groups is 2. The van der Waals surface area contributed by atoms with Crippen molar-refractivity contribution in [2.75, 3.05) is 6.54 Å². The van der Waals surface area contributed by atoms with Crippen LogP contribution in [0, 0.1) is 12.8 Å². The van der Waals surface area contributed by atoms with E-state index >= 15 is 0 Å². The minimum absolute atomic E-state index is 0. The fourth-order valence-corrected chi connectivity index (χ4v) is 1.82. The third-order valence-corrected chi connectivity index (χ3v) is 3.40. The second-order valence-electron chi connectivity index (χ2n) is 5.69. The fraction of sp³-hybridized carbons (Fsp3) is 0.500. The minimum atomic E-state index is -0.590. The number of nitrogens with one attached hydrogen (secondary N) is 2. The van der Waals surface area contributed by atoms with Crippen LogP contribution in [0.2, 0.25) is 0 Å². The molecule has 0 radical (unpaired) electrons. The van der Waals surface area contributed by atoms with Crippen LogP contribution in [-0.2, 0) is 9.59 Å². The highest BCUT2D eigenvalue weighted by molar-refractivity contribution is 5.87. The molecule has 0 spiro atoms. The first-order chi connectivity index (χ1) is 9.81. The molecular weight excluding hydrogens is 302 g/mol. The second-order valence-corrected chi connectivity index (χ2v) is 5.69. The van der Waals surface area contributed by atoms with E-state index in [2.05, 4.69) is 10.6 Å². The summed E-state index contributed by atoms with van der Waals surface area (Å²) in [6.45, 7) is 7.59. The van der Waals surface area contributed by atoms with Crippen LogP contribution in [0.15, 0.2) is 24.3 Å². The quantitative estimate of drug-likeness (QED) is 0.743. The molecule has 1 unspecified atom stereocenters. The number of rotatable bonds is 6. The summed E-state index contributed by atoms with van der Waals surface area (Å²) in [4.78, 5) is 23.5. The van der Waals surface area contributed by atoms with Crippen molar-refractivity contribution in [3.8, 4) is 0 Å². The zero-order valence-electron chi connectivity index (χ0n) is 13.6. The number of carbonyl (C=O) groups excluding carboxylic acids is 2.